The van der Waals surface area contributed by atoms with E-state index in [0.717, 1.165) is 56.3 Å². The van der Waals surface area contributed by atoms with Crippen molar-refractivity contribution in [3.63, 3.8) is 0 Å². The molecule has 12 heteroatoms. The van der Waals surface area contributed by atoms with Gasteiger partial charge in [0.25, 0.3) is 5.91 Å². The van der Waals surface area contributed by atoms with Crippen LogP contribution in [-0.2, 0) is 17.8 Å². The van der Waals surface area contributed by atoms with Gasteiger partial charge in [0.2, 0.25) is 0 Å². The molecule has 0 aliphatic carbocycles. The lowest BCUT2D eigenvalue weighted by molar-refractivity contribution is 0.0918. The van der Waals surface area contributed by atoms with Gasteiger partial charge < -0.3 is 29.5 Å². The number of halogens is 2. The number of nitrogens with zero attached hydrogens (tertiary/aromatic N) is 4. The van der Waals surface area contributed by atoms with Crippen molar-refractivity contribution in [1.82, 2.24) is 20.0 Å². The predicted molar refractivity (Wildman–Crippen MR) is 176 cm³/mol. The lowest BCUT2D eigenvalue weighted by atomic mass is 9.88. The molecule has 0 atom stereocenters. The third-order valence-corrected chi connectivity index (χ3v) is 8.95. The summed E-state index contributed by atoms with van der Waals surface area (Å²) in [5, 5.41) is 10.9. The van der Waals surface area contributed by atoms with Crippen molar-refractivity contribution < 1.29 is 27.8 Å². The van der Waals surface area contributed by atoms with E-state index in [-0.39, 0.29) is 18.6 Å². The van der Waals surface area contributed by atoms with Gasteiger partial charge in [-0.2, -0.15) is 5.10 Å². The maximum Gasteiger partial charge on any atom is 0.409 e. The van der Waals surface area contributed by atoms with Gasteiger partial charge in [-0.1, -0.05) is 0 Å². The number of hydrogen-bond acceptors (Lipinski definition) is 7. The molecule has 3 aromatic carbocycles. The molecule has 2 fully saturated rings. The molecule has 0 bridgehead atoms. The van der Waals surface area contributed by atoms with Crippen LogP contribution in [0.1, 0.15) is 41.3 Å². The zero-order valence-corrected chi connectivity index (χ0v) is 26.7. The topological polar surface area (TPSA) is 103 Å². The van der Waals surface area contributed by atoms with E-state index in [1.54, 1.807) is 23.1 Å². The first-order valence-electron chi connectivity index (χ1n) is 16.1. The number of fused-ring (bicyclic) bond motifs is 1. The lowest BCUT2D eigenvalue weighted by Crippen LogP contribution is -2.44. The first-order valence-corrected chi connectivity index (χ1v) is 16.1. The van der Waals surface area contributed by atoms with E-state index in [9.17, 15) is 18.4 Å². The van der Waals surface area contributed by atoms with Crippen molar-refractivity contribution in [2.75, 3.05) is 63.1 Å². The Balaban J connectivity index is 1.20. The second kappa shape index (κ2) is 14.4. The zero-order valence-electron chi connectivity index (χ0n) is 26.7. The fourth-order valence-corrected chi connectivity index (χ4v) is 6.29. The molecule has 2 amide bonds. The largest absolute Gasteiger partial charge is 0.489 e. The molecule has 2 saturated heterocycles. The van der Waals surface area contributed by atoms with Gasteiger partial charge in [-0.05, 0) is 98.8 Å². The van der Waals surface area contributed by atoms with Crippen molar-refractivity contribution in [3.8, 4) is 5.75 Å². The minimum Gasteiger partial charge on any atom is -0.489 e. The average molecular weight is 647 g/mol. The number of hydrogen-bond donors (Lipinski definition) is 2. The summed E-state index contributed by atoms with van der Waals surface area (Å²) >= 11 is 0. The SMILES string of the molecule is CCOC(=O)N1CCC(Cc2cc(N3CCN(C)CC3)ccc2C(=O)Nc2n[nH]c3ccc(OCc4cc(F)cc(F)c4)cc23)CC1. The lowest BCUT2D eigenvalue weighted by Gasteiger charge is -2.35. The maximum atomic E-state index is 13.9. The third kappa shape index (κ3) is 7.82. The number of likely N-dealkylation sites (N-methyl/N-ethyl adjacent to an activating group) is 1. The van der Waals surface area contributed by atoms with Crippen LogP contribution in [0.3, 0.4) is 0 Å². The Hall–Kier alpha value is -4.71. The van der Waals surface area contributed by atoms with Crippen molar-refractivity contribution >= 4 is 34.4 Å². The number of H-pyrrole nitrogens is 1. The third-order valence-electron chi connectivity index (χ3n) is 8.95. The van der Waals surface area contributed by atoms with E-state index in [0.29, 0.717) is 65.6 Å². The molecule has 0 unspecified atom stereocenters. The minimum atomic E-state index is -0.669. The number of carbonyl (C=O) groups excluding carboxylic acids is 2. The number of rotatable bonds is 9. The van der Waals surface area contributed by atoms with Crippen LogP contribution in [0, 0.1) is 17.6 Å². The fraction of sp³-hybridized carbons (Fsp3) is 0.400. The molecule has 1 aromatic heterocycles. The van der Waals surface area contributed by atoms with Crippen LogP contribution in [0.15, 0.2) is 54.6 Å². The van der Waals surface area contributed by atoms with Crippen molar-refractivity contribution in [2.45, 2.75) is 32.8 Å². The van der Waals surface area contributed by atoms with Gasteiger partial charge in [-0.3, -0.25) is 9.89 Å². The van der Waals surface area contributed by atoms with E-state index in [1.807, 2.05) is 19.1 Å². The molecule has 0 spiro atoms. The minimum absolute atomic E-state index is 0.0263. The van der Waals surface area contributed by atoms with Gasteiger partial charge in [0, 0.05) is 62.0 Å². The highest BCUT2D eigenvalue weighted by molar-refractivity contribution is 6.09. The van der Waals surface area contributed by atoms with Gasteiger partial charge in [0.15, 0.2) is 5.82 Å². The summed E-state index contributed by atoms with van der Waals surface area (Å²) in [6.07, 6.45) is 2.09. The number of aromatic nitrogens is 2. The molecule has 2 aliphatic heterocycles. The molecule has 4 aromatic rings. The number of benzene rings is 3. The molecule has 6 rings (SSSR count). The summed E-state index contributed by atoms with van der Waals surface area (Å²) in [7, 11) is 2.12. The summed E-state index contributed by atoms with van der Waals surface area (Å²) < 4.78 is 38.3. The Bertz CT molecular complexity index is 1710. The van der Waals surface area contributed by atoms with Gasteiger partial charge >= 0.3 is 6.09 Å². The Kier molecular flexibility index (Phi) is 9.86. The molecular formula is C35H40F2N6O4. The van der Waals surface area contributed by atoms with E-state index in [2.05, 4.69) is 38.4 Å². The number of aromatic amines is 1. The summed E-state index contributed by atoms with van der Waals surface area (Å²) in [5.41, 5.74) is 3.69. The Morgan fingerprint density at radius 3 is 2.43 bits per heavy atom. The highest BCUT2D eigenvalue weighted by Gasteiger charge is 2.26. The van der Waals surface area contributed by atoms with Crippen LogP contribution in [0.2, 0.25) is 0 Å². The normalized spacial score (nSPS) is 16.0. The molecule has 0 radical (unpaired) electrons. The van der Waals surface area contributed by atoms with Crippen LogP contribution in [0.4, 0.5) is 25.1 Å². The van der Waals surface area contributed by atoms with Crippen molar-refractivity contribution in [1.29, 1.82) is 0 Å². The second-order valence-corrected chi connectivity index (χ2v) is 12.3. The number of amides is 2. The van der Waals surface area contributed by atoms with E-state index < -0.39 is 11.6 Å². The number of nitrogens with one attached hydrogen (secondary N) is 2. The highest BCUT2D eigenvalue weighted by Crippen LogP contribution is 2.30. The number of piperidine rings is 1. The summed E-state index contributed by atoms with van der Waals surface area (Å²) in [6.45, 7) is 7.16. The van der Waals surface area contributed by atoms with E-state index in [1.165, 1.54) is 12.1 Å². The molecule has 3 heterocycles. The quantitative estimate of drug-likeness (QED) is 0.236. The smallest absolute Gasteiger partial charge is 0.409 e. The highest BCUT2D eigenvalue weighted by atomic mass is 19.1. The van der Waals surface area contributed by atoms with Crippen LogP contribution < -0.4 is 15.0 Å². The zero-order chi connectivity index (χ0) is 32.9. The number of anilines is 2. The number of ether oxygens (including phenoxy) is 2. The Morgan fingerprint density at radius 2 is 1.70 bits per heavy atom. The monoisotopic (exact) mass is 646 g/mol. The predicted octanol–water partition coefficient (Wildman–Crippen LogP) is 5.84. The van der Waals surface area contributed by atoms with Crippen LogP contribution in [0.5, 0.6) is 5.75 Å². The Morgan fingerprint density at radius 1 is 0.957 bits per heavy atom. The molecule has 2 N–H and O–H groups in total. The standard InChI is InChI=1S/C35H40F2N6O4/c1-3-46-35(45)43-10-8-23(9-11-43)16-25-19-28(42-14-12-41(2)13-15-42)4-6-30(25)34(44)38-33-31-21-29(5-7-32(31)39-40-33)47-22-24-17-26(36)20-27(37)18-24/h4-7,17-21,23H,3,8-16,22H2,1-2H3,(H2,38,39,40,44). The van der Waals surface area contributed by atoms with Crippen LogP contribution >= 0.6 is 0 Å². The maximum absolute atomic E-state index is 13.9. The average Bonchev–Trinajstić information content (AvgIpc) is 3.45. The molecule has 47 heavy (non-hydrogen) atoms. The number of likely N-dealkylation sites (tertiary alicyclic amines) is 1. The van der Waals surface area contributed by atoms with Crippen LogP contribution in [0.25, 0.3) is 10.9 Å². The number of piperazine rings is 1. The molecule has 2 aliphatic rings. The van der Waals surface area contributed by atoms with Crippen LogP contribution in [-0.4, -0.2) is 84.9 Å². The Labute approximate surface area is 272 Å². The molecule has 248 valence electrons. The summed E-state index contributed by atoms with van der Waals surface area (Å²) in [5.74, 6) is -0.486. The van der Waals surface area contributed by atoms with Crippen molar-refractivity contribution in [2.24, 2.45) is 5.92 Å². The first-order chi connectivity index (χ1) is 22.7. The van der Waals surface area contributed by atoms with Gasteiger partial charge in [0.1, 0.15) is 24.0 Å². The number of carbonyl (C=O) groups is 2. The first kappa shape index (κ1) is 32.2. The van der Waals surface area contributed by atoms with Gasteiger partial charge in [-0.25, -0.2) is 13.6 Å². The van der Waals surface area contributed by atoms with Crippen molar-refractivity contribution in [3.05, 3.63) is 82.9 Å². The van der Waals surface area contributed by atoms with E-state index >= 15 is 0 Å². The molecular weight excluding hydrogens is 606 g/mol. The summed E-state index contributed by atoms with van der Waals surface area (Å²) in [6, 6.07) is 14.5. The van der Waals surface area contributed by atoms with Gasteiger partial charge in [0.05, 0.1) is 12.1 Å². The fourth-order valence-electron chi connectivity index (χ4n) is 6.29. The summed E-state index contributed by atoms with van der Waals surface area (Å²) in [4.78, 5) is 32.5. The molecule has 10 nitrogen and oxygen atoms in total. The second-order valence-electron chi connectivity index (χ2n) is 12.3. The van der Waals surface area contributed by atoms with Gasteiger partial charge in [-0.15, -0.1) is 0 Å². The molecule has 0 saturated carbocycles. The van der Waals surface area contributed by atoms with E-state index in [4.69, 9.17) is 9.47 Å².